The molecule has 6 nitrogen and oxygen atoms in total. The zero-order chi connectivity index (χ0) is 17.2. The number of nitrogens with one attached hydrogen (secondary N) is 1. The molecule has 2 atom stereocenters. The van der Waals surface area contributed by atoms with Crippen molar-refractivity contribution in [3.05, 3.63) is 35.4 Å². The first-order valence-corrected chi connectivity index (χ1v) is 10.1. The molecule has 2 aliphatic heterocycles. The summed E-state index contributed by atoms with van der Waals surface area (Å²) in [6.45, 7) is 1.77. The van der Waals surface area contributed by atoms with Gasteiger partial charge in [-0.15, -0.1) is 0 Å². The van der Waals surface area contributed by atoms with Crippen LogP contribution in [0.2, 0.25) is 0 Å². The zero-order valence-electron chi connectivity index (χ0n) is 13.4. The Balaban J connectivity index is 1.75. The number of hydrogen-bond acceptors (Lipinski definition) is 5. The van der Waals surface area contributed by atoms with Crippen LogP contribution in [0.3, 0.4) is 0 Å². The molecular weight excluding hydrogens is 326 g/mol. The van der Waals surface area contributed by atoms with Crippen molar-refractivity contribution in [2.45, 2.75) is 31.3 Å². The molecule has 0 aliphatic carbocycles. The third-order valence-corrected chi connectivity index (χ3v) is 6.47. The highest BCUT2D eigenvalue weighted by molar-refractivity contribution is 7.91. The molecule has 2 aliphatic rings. The Labute approximate surface area is 142 Å². The van der Waals surface area contributed by atoms with Crippen LogP contribution >= 0.6 is 0 Å². The van der Waals surface area contributed by atoms with E-state index in [0.717, 1.165) is 25.9 Å². The molecular formula is C17H21N3O3S. The van der Waals surface area contributed by atoms with Gasteiger partial charge in [-0.05, 0) is 44.1 Å². The van der Waals surface area contributed by atoms with Crippen molar-refractivity contribution in [3.8, 4) is 6.07 Å². The summed E-state index contributed by atoms with van der Waals surface area (Å²) in [6.07, 6.45) is 3.32. The summed E-state index contributed by atoms with van der Waals surface area (Å²) >= 11 is 0. The van der Waals surface area contributed by atoms with Gasteiger partial charge in [-0.3, -0.25) is 9.69 Å². The molecule has 0 radical (unpaired) electrons. The number of benzene rings is 1. The maximum Gasteiger partial charge on any atom is 0.251 e. The Morgan fingerprint density at radius 1 is 1.21 bits per heavy atom. The quantitative estimate of drug-likeness (QED) is 0.879. The molecule has 0 spiro atoms. The van der Waals surface area contributed by atoms with Crippen LogP contribution < -0.4 is 5.32 Å². The van der Waals surface area contributed by atoms with Gasteiger partial charge >= 0.3 is 0 Å². The molecule has 0 bridgehead atoms. The van der Waals surface area contributed by atoms with E-state index in [0.29, 0.717) is 11.1 Å². The summed E-state index contributed by atoms with van der Waals surface area (Å²) in [5, 5.41) is 11.8. The first-order chi connectivity index (χ1) is 11.5. The number of piperidine rings is 1. The maximum absolute atomic E-state index is 12.5. The fourth-order valence-electron chi connectivity index (χ4n) is 3.56. The first-order valence-electron chi connectivity index (χ1n) is 8.24. The van der Waals surface area contributed by atoms with Gasteiger partial charge < -0.3 is 5.32 Å². The minimum absolute atomic E-state index is 0.0160. The van der Waals surface area contributed by atoms with E-state index in [1.54, 1.807) is 18.2 Å². The molecule has 2 fully saturated rings. The molecule has 128 valence electrons. The van der Waals surface area contributed by atoms with Gasteiger partial charge in [-0.2, -0.15) is 5.26 Å². The van der Waals surface area contributed by atoms with Gasteiger partial charge in [0.25, 0.3) is 5.91 Å². The molecule has 7 heteroatoms. The molecule has 1 aromatic rings. The van der Waals surface area contributed by atoms with E-state index >= 15 is 0 Å². The van der Waals surface area contributed by atoms with Crippen LogP contribution in [0.15, 0.2) is 24.3 Å². The Morgan fingerprint density at radius 3 is 2.67 bits per heavy atom. The number of amides is 1. The molecule has 1 aromatic carbocycles. The van der Waals surface area contributed by atoms with Crippen molar-refractivity contribution < 1.29 is 13.2 Å². The van der Waals surface area contributed by atoms with Gasteiger partial charge in [0.15, 0.2) is 9.84 Å². The second-order valence-electron chi connectivity index (χ2n) is 6.51. The zero-order valence-corrected chi connectivity index (χ0v) is 14.3. The average Bonchev–Trinajstić information content (AvgIpc) is 2.90. The largest absolute Gasteiger partial charge is 0.347 e. The summed E-state index contributed by atoms with van der Waals surface area (Å²) in [6, 6.07) is 7.90. The second-order valence-corrected chi connectivity index (χ2v) is 8.67. The van der Waals surface area contributed by atoms with Gasteiger partial charge in [-0.25, -0.2) is 8.42 Å². The van der Waals surface area contributed by atoms with Crippen LogP contribution in [0, 0.1) is 11.3 Å². The summed E-state index contributed by atoms with van der Waals surface area (Å²) in [5.41, 5.74) is 0.796. The molecule has 0 aromatic heterocycles. The van der Waals surface area contributed by atoms with E-state index in [2.05, 4.69) is 10.2 Å². The maximum atomic E-state index is 12.5. The number of nitriles is 1. The molecule has 1 N–H and O–H groups in total. The predicted molar refractivity (Wildman–Crippen MR) is 90.3 cm³/mol. The van der Waals surface area contributed by atoms with E-state index in [-0.39, 0.29) is 23.5 Å². The van der Waals surface area contributed by atoms with E-state index in [9.17, 15) is 13.2 Å². The highest BCUT2D eigenvalue weighted by atomic mass is 32.2. The smallest absolute Gasteiger partial charge is 0.251 e. The molecule has 24 heavy (non-hydrogen) atoms. The highest BCUT2D eigenvalue weighted by Crippen LogP contribution is 2.22. The van der Waals surface area contributed by atoms with E-state index in [1.807, 2.05) is 6.07 Å². The topological polar surface area (TPSA) is 90.3 Å². The van der Waals surface area contributed by atoms with Crippen molar-refractivity contribution in [2.75, 3.05) is 24.6 Å². The van der Waals surface area contributed by atoms with Crippen LogP contribution in [0.4, 0.5) is 0 Å². The van der Waals surface area contributed by atoms with Crippen LogP contribution in [0.25, 0.3) is 0 Å². The predicted octanol–water partition coefficient (Wildman–Crippen LogP) is 0.940. The molecule has 0 unspecified atom stereocenters. The minimum atomic E-state index is -3.14. The van der Waals surface area contributed by atoms with Crippen LogP contribution in [-0.2, 0) is 9.84 Å². The highest BCUT2D eigenvalue weighted by Gasteiger charge is 2.41. The molecule has 2 saturated heterocycles. The summed E-state index contributed by atoms with van der Waals surface area (Å²) in [5.74, 6) is -0.232. The van der Waals surface area contributed by atoms with Gasteiger partial charge in [0.1, 0.15) is 0 Å². The van der Waals surface area contributed by atoms with Crippen molar-refractivity contribution in [1.82, 2.24) is 10.2 Å². The van der Waals surface area contributed by atoms with Crippen molar-refractivity contribution in [2.24, 2.45) is 0 Å². The van der Waals surface area contributed by atoms with Crippen molar-refractivity contribution in [1.29, 1.82) is 5.26 Å². The lowest BCUT2D eigenvalue weighted by molar-refractivity contribution is 0.0900. The van der Waals surface area contributed by atoms with Crippen molar-refractivity contribution >= 4 is 15.7 Å². The third-order valence-electron chi connectivity index (χ3n) is 4.75. The minimum Gasteiger partial charge on any atom is -0.347 e. The molecule has 3 rings (SSSR count). The third kappa shape index (κ3) is 3.77. The van der Waals surface area contributed by atoms with Crippen LogP contribution in [0.1, 0.15) is 35.2 Å². The van der Waals surface area contributed by atoms with Gasteiger partial charge in [0, 0.05) is 11.6 Å². The number of hydrogen-bond donors (Lipinski definition) is 1. The summed E-state index contributed by atoms with van der Waals surface area (Å²) in [4.78, 5) is 14.7. The SMILES string of the molecule is N#Cc1cccc(C(=O)N[C@H]2CS(=O)(=O)C[C@H]2N2CCCCC2)c1. The van der Waals surface area contributed by atoms with E-state index in [4.69, 9.17) is 5.26 Å². The van der Waals surface area contributed by atoms with Gasteiger partial charge in [0.05, 0.1) is 29.2 Å². The Morgan fingerprint density at radius 2 is 1.96 bits per heavy atom. The molecule has 0 saturated carbocycles. The average molecular weight is 347 g/mol. The van der Waals surface area contributed by atoms with Gasteiger partial charge in [0.2, 0.25) is 0 Å². The van der Waals surface area contributed by atoms with Gasteiger partial charge in [-0.1, -0.05) is 12.5 Å². The van der Waals surface area contributed by atoms with Crippen LogP contribution in [-0.4, -0.2) is 55.9 Å². The number of rotatable bonds is 3. The first kappa shape index (κ1) is 16.9. The molecule has 1 amide bonds. The Hall–Kier alpha value is -1.91. The fraction of sp³-hybridized carbons (Fsp3) is 0.529. The fourth-order valence-corrected chi connectivity index (χ4v) is 5.51. The standard InChI is InChI=1S/C17H21N3O3S/c18-10-13-5-4-6-14(9-13)17(21)19-15-11-24(22,23)12-16(15)20-7-2-1-3-8-20/h4-6,9,15-16H,1-3,7-8,11-12H2,(H,19,21)/t15-,16+/m0/s1. The normalized spacial score (nSPS) is 26.6. The number of nitrogens with zero attached hydrogens (tertiary/aromatic N) is 2. The monoisotopic (exact) mass is 347 g/mol. The van der Waals surface area contributed by atoms with Crippen LogP contribution in [0.5, 0.6) is 0 Å². The Kier molecular flexibility index (Phi) is 4.88. The number of carbonyl (C=O) groups is 1. The number of likely N-dealkylation sites (tertiary alicyclic amines) is 1. The summed E-state index contributed by atoms with van der Waals surface area (Å²) in [7, 11) is -3.14. The lowest BCUT2D eigenvalue weighted by Gasteiger charge is -2.35. The lowest BCUT2D eigenvalue weighted by Crippen LogP contribution is -2.52. The van der Waals surface area contributed by atoms with E-state index in [1.165, 1.54) is 12.5 Å². The van der Waals surface area contributed by atoms with E-state index < -0.39 is 15.9 Å². The second kappa shape index (κ2) is 6.91. The summed E-state index contributed by atoms with van der Waals surface area (Å²) < 4.78 is 24.2. The number of sulfone groups is 1. The van der Waals surface area contributed by atoms with Crippen molar-refractivity contribution in [3.63, 3.8) is 0 Å². The molecule has 2 heterocycles. The number of carbonyl (C=O) groups excluding carboxylic acids is 1. The lowest BCUT2D eigenvalue weighted by atomic mass is 10.0. The Bertz CT molecular complexity index is 764.